The number of nitrogens with zero attached hydrogens (tertiary/aromatic N) is 3. The Labute approximate surface area is 306 Å². The number of pyridine rings is 2. The molecule has 0 aliphatic carbocycles. The normalized spacial score (nSPS) is 18.3. The Kier molecular flexibility index (Phi) is 10.5. The van der Waals surface area contributed by atoms with E-state index in [9.17, 15) is 14.4 Å². The second kappa shape index (κ2) is 15.4. The van der Waals surface area contributed by atoms with E-state index in [0.717, 1.165) is 46.2 Å². The van der Waals surface area contributed by atoms with Crippen LogP contribution in [0.1, 0.15) is 47.2 Å². The van der Waals surface area contributed by atoms with E-state index >= 15 is 0 Å². The minimum atomic E-state index is -0.00229. The van der Waals surface area contributed by atoms with Crippen molar-refractivity contribution in [2.75, 3.05) is 33.3 Å². The van der Waals surface area contributed by atoms with Gasteiger partial charge in [-0.25, -0.2) is 4.98 Å². The number of halogens is 2. The Bertz CT molecular complexity index is 1990. The van der Waals surface area contributed by atoms with Gasteiger partial charge < -0.3 is 30.9 Å². The van der Waals surface area contributed by atoms with Crippen LogP contribution < -0.4 is 26.0 Å². The van der Waals surface area contributed by atoms with Crippen LogP contribution in [0.4, 0.5) is 0 Å². The van der Waals surface area contributed by atoms with Crippen LogP contribution in [0.5, 0.6) is 5.88 Å². The summed E-state index contributed by atoms with van der Waals surface area (Å²) in [6.45, 7) is 3.61. The quantitative estimate of drug-likeness (QED) is 0.142. The third kappa shape index (κ3) is 7.57. The van der Waals surface area contributed by atoms with Gasteiger partial charge in [0, 0.05) is 104 Å². The zero-order valence-electron chi connectivity index (χ0n) is 28.2. The predicted molar refractivity (Wildman–Crippen MR) is 197 cm³/mol. The molecule has 0 saturated carbocycles. The molecular formula is C38H39Cl2N7O4. The van der Waals surface area contributed by atoms with Gasteiger partial charge in [0.15, 0.2) is 0 Å². The molecule has 2 fully saturated rings. The summed E-state index contributed by atoms with van der Waals surface area (Å²) in [5, 5.41) is 13.6. The number of aromatic nitrogens is 2. The van der Waals surface area contributed by atoms with Gasteiger partial charge in [0.1, 0.15) is 0 Å². The maximum Gasteiger partial charge on any atom is 0.254 e. The van der Waals surface area contributed by atoms with Gasteiger partial charge in [-0.05, 0) is 42.7 Å². The highest BCUT2D eigenvalue weighted by Crippen LogP contribution is 2.42. The summed E-state index contributed by atoms with van der Waals surface area (Å²) in [5.41, 5.74) is 6.75. The summed E-state index contributed by atoms with van der Waals surface area (Å²) in [6, 6.07) is 17.5. The van der Waals surface area contributed by atoms with Gasteiger partial charge in [-0.1, -0.05) is 53.5 Å². The van der Waals surface area contributed by atoms with Crippen LogP contribution in [-0.2, 0) is 22.7 Å². The smallest absolute Gasteiger partial charge is 0.254 e. The van der Waals surface area contributed by atoms with Crippen LogP contribution in [0.15, 0.2) is 60.8 Å². The van der Waals surface area contributed by atoms with Crippen molar-refractivity contribution in [2.45, 2.75) is 50.9 Å². The first-order valence-electron chi connectivity index (χ1n) is 17.2. The first-order chi connectivity index (χ1) is 24.8. The Morgan fingerprint density at radius 2 is 1.59 bits per heavy atom. The Morgan fingerprint density at radius 1 is 0.863 bits per heavy atom. The fourth-order valence-corrected chi connectivity index (χ4v) is 7.61. The van der Waals surface area contributed by atoms with Crippen LogP contribution in [-0.4, -0.2) is 78.0 Å². The number of hydrogen-bond donors (Lipinski definition) is 4. The number of benzene rings is 2. The van der Waals surface area contributed by atoms with Crippen molar-refractivity contribution < 1.29 is 19.1 Å². The molecule has 3 amide bonds. The molecule has 3 aliphatic heterocycles. The maximum atomic E-state index is 13.2. The first kappa shape index (κ1) is 34.9. The lowest BCUT2D eigenvalue weighted by Gasteiger charge is -2.17. The minimum Gasteiger partial charge on any atom is -0.481 e. The first-order valence-corrected chi connectivity index (χ1v) is 17.9. The van der Waals surface area contributed by atoms with E-state index in [1.54, 1.807) is 13.3 Å². The van der Waals surface area contributed by atoms with Crippen LogP contribution in [0.3, 0.4) is 0 Å². The second-order valence-corrected chi connectivity index (χ2v) is 13.8. The molecule has 264 valence electrons. The molecule has 4 aromatic rings. The molecule has 5 heterocycles. The van der Waals surface area contributed by atoms with Crippen molar-refractivity contribution in [3.63, 3.8) is 0 Å². The second-order valence-electron chi connectivity index (χ2n) is 13.1. The van der Waals surface area contributed by atoms with E-state index in [1.807, 2.05) is 59.5 Å². The van der Waals surface area contributed by atoms with Crippen molar-refractivity contribution >= 4 is 40.9 Å². The standard InChI is InChI=1S/C38H39Cl2N7O4/c1-51-37-23(18-42-20-26-8-12-33(49)45-26)6-10-31(46-37)30-4-2-3-28(34(30)39)29-13-14-43-36(35(29)40)22-5-9-27-24(17-22)21-47(38(27)50)16-15-41-19-25-7-11-32(48)44-25/h2-6,9-10,13-14,17,25-26,41-42H,7-8,11-12,15-16,18-21H2,1H3,(H,44,48)(H,45,49)/t25-,26+/m0/s1. The molecule has 4 N–H and O–H groups in total. The highest BCUT2D eigenvalue weighted by Gasteiger charge is 2.28. The fourth-order valence-electron chi connectivity index (χ4n) is 6.96. The zero-order valence-corrected chi connectivity index (χ0v) is 29.7. The largest absolute Gasteiger partial charge is 0.481 e. The lowest BCUT2D eigenvalue weighted by molar-refractivity contribution is -0.120. The van der Waals surface area contributed by atoms with Crippen LogP contribution >= 0.6 is 23.2 Å². The molecule has 2 saturated heterocycles. The summed E-state index contributed by atoms with van der Waals surface area (Å²) in [6.07, 6.45) is 4.51. The fraction of sp³-hybridized carbons (Fsp3) is 0.342. The van der Waals surface area contributed by atoms with Gasteiger partial charge in [-0.2, -0.15) is 0 Å². The topological polar surface area (TPSA) is 138 Å². The van der Waals surface area contributed by atoms with Crippen molar-refractivity contribution in [1.29, 1.82) is 0 Å². The lowest BCUT2D eigenvalue weighted by Crippen LogP contribution is -2.39. The molecule has 2 aromatic heterocycles. The third-order valence-electron chi connectivity index (χ3n) is 9.67. The molecule has 0 bridgehead atoms. The molecule has 0 radical (unpaired) electrons. The van der Waals surface area contributed by atoms with E-state index in [0.29, 0.717) is 85.0 Å². The average molecular weight is 729 g/mol. The third-order valence-corrected chi connectivity index (χ3v) is 10.5. The van der Waals surface area contributed by atoms with E-state index < -0.39 is 0 Å². The number of nitrogens with one attached hydrogen (secondary N) is 4. The molecule has 51 heavy (non-hydrogen) atoms. The summed E-state index contributed by atoms with van der Waals surface area (Å²) in [7, 11) is 1.59. The molecule has 11 nitrogen and oxygen atoms in total. The molecule has 0 spiro atoms. The van der Waals surface area contributed by atoms with Crippen LogP contribution in [0.25, 0.3) is 33.6 Å². The molecule has 3 aliphatic rings. The lowest BCUT2D eigenvalue weighted by atomic mass is 9.98. The zero-order chi connectivity index (χ0) is 35.5. The number of fused-ring (bicyclic) bond motifs is 1. The van der Waals surface area contributed by atoms with Gasteiger partial charge in [0.25, 0.3) is 5.91 Å². The Balaban J connectivity index is 1.05. The van der Waals surface area contributed by atoms with Gasteiger partial charge in [0.05, 0.1) is 28.5 Å². The SMILES string of the molecule is COc1nc(-c2cccc(-c3ccnc(-c4ccc5c(c4)CN(CCNC[C@@H]4CCC(=O)N4)C5=O)c3Cl)c2Cl)ccc1CNC[C@H]1CCC(=O)N1. The van der Waals surface area contributed by atoms with Gasteiger partial charge in [-0.15, -0.1) is 0 Å². The summed E-state index contributed by atoms with van der Waals surface area (Å²) in [4.78, 5) is 47.4. The molecule has 2 atom stereocenters. The summed E-state index contributed by atoms with van der Waals surface area (Å²) < 4.78 is 5.64. The number of hydrogen-bond acceptors (Lipinski definition) is 8. The minimum absolute atomic E-state index is 0.00229. The summed E-state index contributed by atoms with van der Waals surface area (Å²) in [5.74, 6) is 0.677. The molecule has 2 aromatic carbocycles. The summed E-state index contributed by atoms with van der Waals surface area (Å²) >= 11 is 14.2. The molecule has 7 rings (SSSR count). The number of amides is 3. The molecular weight excluding hydrogens is 689 g/mol. The Hall–Kier alpha value is -4.55. The highest BCUT2D eigenvalue weighted by atomic mass is 35.5. The van der Waals surface area contributed by atoms with Crippen molar-refractivity contribution in [2.24, 2.45) is 0 Å². The predicted octanol–water partition coefficient (Wildman–Crippen LogP) is 4.99. The number of rotatable bonds is 13. The van der Waals surface area contributed by atoms with Crippen molar-refractivity contribution in [1.82, 2.24) is 36.1 Å². The van der Waals surface area contributed by atoms with E-state index in [2.05, 4.69) is 26.3 Å². The number of ether oxygens (including phenoxy) is 1. The van der Waals surface area contributed by atoms with Crippen LogP contribution in [0.2, 0.25) is 10.0 Å². The maximum absolute atomic E-state index is 13.2. The van der Waals surface area contributed by atoms with Crippen molar-refractivity contribution in [3.05, 3.63) is 87.5 Å². The monoisotopic (exact) mass is 727 g/mol. The number of methoxy groups -OCH3 is 1. The Morgan fingerprint density at radius 3 is 2.31 bits per heavy atom. The van der Waals surface area contributed by atoms with Gasteiger partial charge in [-0.3, -0.25) is 19.4 Å². The van der Waals surface area contributed by atoms with E-state index in [4.69, 9.17) is 32.9 Å². The number of carbonyl (C=O) groups excluding carboxylic acids is 3. The van der Waals surface area contributed by atoms with Crippen LogP contribution in [0, 0.1) is 0 Å². The van der Waals surface area contributed by atoms with Gasteiger partial charge in [0.2, 0.25) is 17.7 Å². The van der Waals surface area contributed by atoms with E-state index in [-0.39, 0.29) is 29.8 Å². The average Bonchev–Trinajstić information content (AvgIpc) is 3.84. The molecule has 0 unspecified atom stereocenters. The highest BCUT2D eigenvalue weighted by molar-refractivity contribution is 6.39. The van der Waals surface area contributed by atoms with E-state index in [1.165, 1.54) is 0 Å². The van der Waals surface area contributed by atoms with Crippen molar-refractivity contribution in [3.8, 4) is 39.5 Å². The molecule has 13 heteroatoms. The van der Waals surface area contributed by atoms with Gasteiger partial charge >= 0.3 is 0 Å². The number of carbonyl (C=O) groups is 3.